The molecule has 3 fully saturated rings. The quantitative estimate of drug-likeness (QED) is 0.0921. The van der Waals surface area contributed by atoms with Crippen LogP contribution in [0.5, 0.6) is 0 Å². The largest absolute Gasteiger partial charge is 0.400 e. The maximum atomic E-state index is 9.80. The molecule has 232 valence electrons. The van der Waals surface area contributed by atoms with E-state index in [-0.39, 0.29) is 0 Å². The molecule has 0 bridgehead atoms. The van der Waals surface area contributed by atoms with Gasteiger partial charge in [0.1, 0.15) is 0 Å². The number of amides is 1. The first-order chi connectivity index (χ1) is 21.7. The molecule has 7 rings (SSSR count). The van der Waals surface area contributed by atoms with Crippen LogP contribution in [-0.2, 0) is 4.79 Å². The highest BCUT2D eigenvalue weighted by Gasteiger charge is 2.27. The minimum absolute atomic E-state index is 0.465. The van der Waals surface area contributed by atoms with E-state index in [9.17, 15) is 4.79 Å². The van der Waals surface area contributed by atoms with Crippen molar-refractivity contribution in [3.63, 3.8) is 0 Å². The first-order valence-electron chi connectivity index (χ1n) is 14.1. The van der Waals surface area contributed by atoms with Gasteiger partial charge in [0.2, 0.25) is 24.3 Å². The summed E-state index contributed by atoms with van der Waals surface area (Å²) in [7, 11) is 1.00. The molecule has 4 aromatic heterocycles. The van der Waals surface area contributed by atoms with Crippen molar-refractivity contribution in [1.82, 2.24) is 45.3 Å². The van der Waals surface area contributed by atoms with E-state index in [1.54, 1.807) is 0 Å². The average Bonchev–Trinajstić information content (AvgIpc) is 3.95. The van der Waals surface area contributed by atoms with E-state index in [4.69, 9.17) is 5.11 Å². The number of aliphatic hydroxyl groups excluding tert-OH is 1. The first kappa shape index (κ1) is 33.1. The van der Waals surface area contributed by atoms with Crippen molar-refractivity contribution in [1.29, 1.82) is 0 Å². The van der Waals surface area contributed by atoms with Gasteiger partial charge in [0.25, 0.3) is 0 Å². The second-order valence-electron chi connectivity index (χ2n) is 9.55. The van der Waals surface area contributed by atoms with E-state index in [1.807, 2.05) is 12.1 Å². The van der Waals surface area contributed by atoms with Crippen molar-refractivity contribution in [3.8, 4) is 12.8 Å². The molecule has 0 aromatic carbocycles. The lowest BCUT2D eigenvalue weighted by molar-refractivity contribution is -0.105. The summed E-state index contributed by atoms with van der Waals surface area (Å²) in [5.41, 5.74) is 2.34. The topological polar surface area (TPSA) is 198 Å². The zero-order valence-corrected chi connectivity index (χ0v) is 24.8. The van der Waals surface area contributed by atoms with Gasteiger partial charge in [-0.1, -0.05) is 0 Å². The van der Waals surface area contributed by atoms with Crippen LogP contribution in [0, 0.1) is 12.8 Å². The summed E-state index contributed by atoms with van der Waals surface area (Å²) < 4.78 is 0. The minimum atomic E-state index is 0.465. The summed E-state index contributed by atoms with van der Waals surface area (Å²) in [6.07, 6.45) is 20.3. The number of nitrogens with zero attached hydrogens (tertiary/aromatic N) is 8. The van der Waals surface area contributed by atoms with E-state index in [0.717, 1.165) is 44.7 Å². The minimum Gasteiger partial charge on any atom is -0.400 e. The van der Waals surface area contributed by atoms with E-state index in [0.29, 0.717) is 41.9 Å². The molecule has 44 heavy (non-hydrogen) atoms. The summed E-state index contributed by atoms with van der Waals surface area (Å²) in [5.74, 6) is 4.81. The molecular weight excluding hydrogens is 562 g/mol. The molecule has 1 aliphatic heterocycles. The van der Waals surface area contributed by atoms with Crippen LogP contribution in [-0.4, -0.2) is 77.0 Å². The second-order valence-corrected chi connectivity index (χ2v) is 9.55. The summed E-state index contributed by atoms with van der Waals surface area (Å²) in [6.45, 7) is 7.93. The zero-order valence-electron chi connectivity index (χ0n) is 24.8. The lowest BCUT2D eigenvalue weighted by Gasteiger charge is -2.16. The van der Waals surface area contributed by atoms with Crippen LogP contribution >= 0.6 is 0 Å². The molecule has 0 spiro atoms. The maximum absolute atomic E-state index is 9.80. The van der Waals surface area contributed by atoms with Crippen LogP contribution in [0.15, 0.2) is 43.9 Å². The molecule has 6 N–H and O–H groups in total. The monoisotopic (exact) mass is 601 g/mol. The highest BCUT2D eigenvalue weighted by atomic mass is 16.2. The number of rotatable bonds is 9. The Labute approximate surface area is 256 Å². The predicted octanol–water partition coefficient (Wildman–Crippen LogP) is 3.87. The fourth-order valence-electron chi connectivity index (χ4n) is 4.21. The number of hydrogen-bond acceptors (Lipinski definition) is 12. The van der Waals surface area contributed by atoms with E-state index in [1.165, 1.54) is 55.7 Å². The van der Waals surface area contributed by atoms with Crippen molar-refractivity contribution in [2.75, 3.05) is 41.0 Å². The Hall–Kier alpha value is -5.36. The normalized spacial score (nSPS) is 14.5. The first-order valence-corrected chi connectivity index (χ1v) is 14.1. The number of terminal acetylenes is 1. The third kappa shape index (κ3) is 9.88. The number of carbonyl (C=O) groups is 1. The van der Waals surface area contributed by atoms with Crippen molar-refractivity contribution < 1.29 is 9.90 Å². The number of hydrogen-bond donors (Lipinski definition) is 6. The van der Waals surface area contributed by atoms with Gasteiger partial charge in [0.05, 0.1) is 6.20 Å². The van der Waals surface area contributed by atoms with Gasteiger partial charge in [-0.2, -0.15) is 25.1 Å². The fraction of sp³-hybridized carbons (Fsp3) is 0.379. The Morgan fingerprint density at radius 2 is 1.39 bits per heavy atom. The van der Waals surface area contributed by atoms with Gasteiger partial charge >= 0.3 is 0 Å². The maximum Gasteiger partial charge on any atom is 0.235 e. The highest BCUT2D eigenvalue weighted by Crippen LogP contribution is 2.40. The molecule has 15 heteroatoms. The summed E-state index contributed by atoms with van der Waals surface area (Å²) in [4.78, 5) is 33.3. The number of H-pyrrole nitrogens is 2. The molecule has 4 aromatic rings. The number of anilines is 6. The van der Waals surface area contributed by atoms with E-state index >= 15 is 0 Å². The van der Waals surface area contributed by atoms with E-state index < -0.39 is 0 Å². The molecule has 0 atom stereocenters. The Balaban J connectivity index is 0.000000298. The van der Waals surface area contributed by atoms with Crippen LogP contribution in [0.2, 0.25) is 0 Å². The molecule has 1 saturated heterocycles. The van der Waals surface area contributed by atoms with Gasteiger partial charge in [0, 0.05) is 67.9 Å². The second kappa shape index (κ2) is 17.6. The van der Waals surface area contributed by atoms with Gasteiger partial charge in [-0.05, 0) is 38.5 Å². The van der Waals surface area contributed by atoms with Gasteiger partial charge in [-0.3, -0.25) is 20.0 Å². The molecular formula is C29H39N13O2. The lowest BCUT2D eigenvalue weighted by Crippen LogP contribution is -2.22. The fourth-order valence-corrected chi connectivity index (χ4v) is 4.21. The molecule has 0 radical (unpaired) electrons. The van der Waals surface area contributed by atoms with Crippen molar-refractivity contribution in [2.24, 2.45) is 0 Å². The summed E-state index contributed by atoms with van der Waals surface area (Å²) >= 11 is 0. The molecule has 2 aliphatic carbocycles. The van der Waals surface area contributed by atoms with Crippen molar-refractivity contribution in [2.45, 2.75) is 50.4 Å². The number of aromatic nitrogens is 9. The van der Waals surface area contributed by atoms with Crippen LogP contribution in [0.3, 0.4) is 0 Å². The summed E-state index contributed by atoms with van der Waals surface area (Å²) in [6, 6.07) is 4.08. The molecule has 0 unspecified atom stereocenters. The third-order valence-electron chi connectivity index (χ3n) is 6.49. The van der Waals surface area contributed by atoms with E-state index in [2.05, 4.69) is 92.2 Å². The predicted molar refractivity (Wildman–Crippen MR) is 170 cm³/mol. The molecule has 1 amide bonds. The van der Waals surface area contributed by atoms with Gasteiger partial charge in [-0.15, -0.1) is 26.0 Å². The standard InChI is InChI=1S/C19H24N10.C5H5N3O.C2H4.C2H2.CH4O/c1-2-8-29(7-1)19-23-17(20-15-9-13(25-27-15)11-3-4-11)22-18(24-19)21-16-10-14(26-28-16)12-5-6-12;9-4-8-5-3-6-1-2-7-5;3*1-2/h9-12H,1-8H2,(H4,20,21,22,23,24,25,26,27,28);1-4H,(H,7,8,9);1-2H2;1-2H;2H,1H3. The average molecular weight is 602 g/mol. The van der Waals surface area contributed by atoms with Gasteiger partial charge in [0.15, 0.2) is 17.5 Å². The SMILES string of the molecule is C#C.C=C.CO.O=CNc1cnccn1.c1c(Nc2nc(Nc3cc(C4CC4)[nH]n3)nc(N3CCCC3)n2)n[nH]c1C1CC1. The zero-order chi connectivity index (χ0) is 31.7. The van der Waals surface area contributed by atoms with Crippen LogP contribution in [0.25, 0.3) is 0 Å². The van der Waals surface area contributed by atoms with Gasteiger partial charge < -0.3 is 26.0 Å². The Bertz CT molecular complexity index is 1350. The number of aromatic amines is 2. The Kier molecular flexibility index (Phi) is 13.2. The number of aliphatic hydroxyl groups is 1. The van der Waals surface area contributed by atoms with Crippen molar-refractivity contribution in [3.05, 3.63) is 55.3 Å². The molecule has 15 nitrogen and oxygen atoms in total. The Morgan fingerprint density at radius 3 is 1.82 bits per heavy atom. The molecule has 5 heterocycles. The summed E-state index contributed by atoms with van der Waals surface area (Å²) in [5, 5.41) is 30.7. The number of carbonyl (C=O) groups excluding carboxylic acids is 1. The molecule has 3 aliphatic rings. The smallest absolute Gasteiger partial charge is 0.235 e. The third-order valence-corrected chi connectivity index (χ3v) is 6.49. The van der Waals surface area contributed by atoms with Crippen molar-refractivity contribution >= 4 is 41.7 Å². The van der Waals surface area contributed by atoms with Crippen LogP contribution < -0.4 is 20.9 Å². The Morgan fingerprint density at radius 1 is 0.864 bits per heavy atom. The highest BCUT2D eigenvalue weighted by molar-refractivity contribution is 5.67. The molecule has 2 saturated carbocycles. The number of nitrogens with one attached hydrogen (secondary N) is 5. The van der Waals surface area contributed by atoms with Crippen LogP contribution in [0.1, 0.15) is 61.7 Å². The van der Waals surface area contributed by atoms with Gasteiger partial charge in [-0.25, -0.2) is 4.98 Å². The lowest BCUT2D eigenvalue weighted by atomic mass is 10.3. The van der Waals surface area contributed by atoms with Crippen LogP contribution in [0.4, 0.5) is 35.3 Å².